The first-order valence-electron chi connectivity index (χ1n) is 10.6. The molecule has 0 radical (unpaired) electrons. The van der Waals surface area contributed by atoms with Crippen LogP contribution >= 0.6 is 45.2 Å². The quantitative estimate of drug-likeness (QED) is 0.156. The van der Waals surface area contributed by atoms with Crippen molar-refractivity contribution >= 4 is 50.9 Å². The fourth-order valence-electron chi connectivity index (χ4n) is 3.22. The van der Waals surface area contributed by atoms with Crippen molar-refractivity contribution in [1.29, 1.82) is 0 Å². The van der Waals surface area contributed by atoms with Gasteiger partial charge in [-0.1, -0.05) is 79.1 Å². The number of hydrogen-bond donors (Lipinski definition) is 0. The van der Waals surface area contributed by atoms with E-state index in [1.54, 1.807) is 0 Å². The van der Waals surface area contributed by atoms with Gasteiger partial charge in [-0.05, 0) is 35.8 Å². The van der Waals surface area contributed by atoms with E-state index in [2.05, 4.69) is 122 Å². The Morgan fingerprint density at radius 3 is 2.29 bits per heavy atom. The summed E-state index contributed by atoms with van der Waals surface area (Å²) in [5, 5.41) is 0. The van der Waals surface area contributed by atoms with Gasteiger partial charge in [0, 0.05) is 6.20 Å². The first kappa shape index (κ1) is 26.9. The van der Waals surface area contributed by atoms with Crippen LogP contribution in [0.3, 0.4) is 0 Å². The summed E-state index contributed by atoms with van der Waals surface area (Å²) in [4.78, 5) is 8.72. The van der Waals surface area contributed by atoms with E-state index < -0.39 is 0 Å². The molecule has 4 aromatic rings. The average molecular weight is 847 g/mol. The van der Waals surface area contributed by atoms with Crippen molar-refractivity contribution < 1.29 is 20.1 Å². The van der Waals surface area contributed by atoms with Gasteiger partial charge in [-0.3, -0.25) is 0 Å². The molecular weight excluding hydrogens is 824 g/mol. The van der Waals surface area contributed by atoms with Crippen molar-refractivity contribution in [3.8, 4) is 22.4 Å². The summed E-state index contributed by atoms with van der Waals surface area (Å²) in [6.45, 7) is 5.20. The molecule has 0 atom stereocenters. The predicted octanol–water partition coefficient (Wildman–Crippen LogP) is 7.64. The maximum absolute atomic E-state index is 4.49. The molecule has 0 unspecified atom stereocenters. The Balaban J connectivity index is 0.000000188. The van der Waals surface area contributed by atoms with Crippen molar-refractivity contribution in [2.45, 2.75) is 6.92 Å². The van der Waals surface area contributed by atoms with Gasteiger partial charge in [0.2, 0.25) is 0 Å². The predicted molar refractivity (Wildman–Crippen MR) is 153 cm³/mol. The maximum atomic E-state index is 4.49. The molecule has 3 nitrogen and oxygen atoms in total. The third kappa shape index (κ3) is 7.13. The zero-order valence-electron chi connectivity index (χ0n) is 18.5. The van der Waals surface area contributed by atoms with E-state index >= 15 is 0 Å². The minimum Gasteiger partial charge on any atom is -0.508 e. The standard InChI is InChI=1S/C17H12N.C11H10I2N2.Ir/c1-3-7-14(8-4-1)16-11-12-17(18-13-16)15-9-5-2-6-10-15;1-2-14-5-6-15(8-14)9-3-4-10(12)11(13)7-9;/h1-9,11-13H;4-8H,2H2,1H3;/q-1;-2;+3. The van der Waals surface area contributed by atoms with Crippen molar-refractivity contribution in [2.24, 2.45) is 0 Å². The van der Waals surface area contributed by atoms with Crippen molar-refractivity contribution in [2.75, 3.05) is 11.4 Å². The first-order chi connectivity index (χ1) is 16.1. The van der Waals surface area contributed by atoms with Crippen LogP contribution in [0, 0.1) is 25.9 Å². The second kappa shape index (κ2) is 13.4. The van der Waals surface area contributed by atoms with E-state index in [1.807, 2.05) is 60.8 Å². The van der Waals surface area contributed by atoms with E-state index in [1.165, 1.54) is 12.7 Å². The number of rotatable bonds is 4. The van der Waals surface area contributed by atoms with Gasteiger partial charge in [-0.25, -0.2) is 0 Å². The first-order valence-corrected chi connectivity index (χ1v) is 12.7. The molecule has 6 heteroatoms. The molecule has 1 aliphatic heterocycles. The van der Waals surface area contributed by atoms with Gasteiger partial charge in [0.1, 0.15) is 0 Å². The number of halogens is 2. The van der Waals surface area contributed by atoms with Crippen LogP contribution in [0.15, 0.2) is 97.5 Å². The maximum Gasteiger partial charge on any atom is 3.00 e. The molecule has 0 amide bonds. The Kier molecular flexibility index (Phi) is 10.6. The molecule has 1 aromatic heterocycles. The van der Waals surface area contributed by atoms with E-state index in [9.17, 15) is 0 Å². The molecule has 34 heavy (non-hydrogen) atoms. The van der Waals surface area contributed by atoms with Gasteiger partial charge >= 0.3 is 20.1 Å². The van der Waals surface area contributed by atoms with Crippen LogP contribution in [0.1, 0.15) is 6.92 Å². The Morgan fingerprint density at radius 2 is 1.68 bits per heavy atom. The van der Waals surface area contributed by atoms with E-state index in [0.29, 0.717) is 0 Å². The summed E-state index contributed by atoms with van der Waals surface area (Å²) in [6, 6.07) is 32.9. The number of pyridine rings is 1. The molecule has 0 spiro atoms. The van der Waals surface area contributed by atoms with Crippen LogP contribution < -0.4 is 4.90 Å². The third-order valence-corrected chi connectivity index (χ3v) is 7.85. The minimum absolute atomic E-state index is 0. The molecule has 0 saturated heterocycles. The largest absolute Gasteiger partial charge is 3.00 e. The number of benzene rings is 3. The molecular formula is C28H22I2IrN3. The Morgan fingerprint density at radius 1 is 0.882 bits per heavy atom. The average Bonchev–Trinajstić information content (AvgIpc) is 3.37. The summed E-state index contributed by atoms with van der Waals surface area (Å²) in [7, 11) is 0. The van der Waals surface area contributed by atoms with Crippen LogP contribution in [0.25, 0.3) is 22.4 Å². The summed E-state index contributed by atoms with van der Waals surface area (Å²) in [5.41, 5.74) is 5.39. The molecule has 0 bridgehead atoms. The molecule has 0 fully saturated rings. The molecule has 1 aliphatic rings. The van der Waals surface area contributed by atoms with Gasteiger partial charge in [0.25, 0.3) is 0 Å². The van der Waals surface area contributed by atoms with Crippen LogP contribution in [-0.4, -0.2) is 16.4 Å². The van der Waals surface area contributed by atoms with Crippen LogP contribution in [-0.2, 0) is 20.1 Å². The second-order valence-corrected chi connectivity index (χ2v) is 9.56. The monoisotopic (exact) mass is 847 g/mol. The van der Waals surface area contributed by atoms with E-state index in [4.69, 9.17) is 0 Å². The molecule has 3 aromatic carbocycles. The fraction of sp³-hybridized carbons (Fsp3) is 0.0714. The van der Waals surface area contributed by atoms with Crippen molar-refractivity contribution in [3.63, 3.8) is 0 Å². The molecule has 0 aliphatic carbocycles. The molecule has 0 saturated carbocycles. The van der Waals surface area contributed by atoms with Gasteiger partial charge in [-0.15, -0.1) is 70.2 Å². The minimum atomic E-state index is 0. The number of anilines is 1. The Labute approximate surface area is 242 Å². The number of hydrogen-bond acceptors (Lipinski definition) is 3. The van der Waals surface area contributed by atoms with Gasteiger partial charge in [-0.2, -0.15) is 18.8 Å². The van der Waals surface area contributed by atoms with Crippen molar-refractivity contribution in [1.82, 2.24) is 9.88 Å². The summed E-state index contributed by atoms with van der Waals surface area (Å²) in [6.07, 6.45) is 6.03. The number of aromatic nitrogens is 1. The zero-order valence-corrected chi connectivity index (χ0v) is 25.2. The summed E-state index contributed by atoms with van der Waals surface area (Å²) >= 11 is 4.66. The fourth-order valence-corrected chi connectivity index (χ4v) is 3.98. The molecule has 2 heterocycles. The van der Waals surface area contributed by atoms with Crippen LogP contribution in [0.2, 0.25) is 0 Å². The Bertz CT molecular complexity index is 1140. The van der Waals surface area contributed by atoms with Gasteiger partial charge in [0.05, 0.1) is 0 Å². The van der Waals surface area contributed by atoms with E-state index in [0.717, 1.165) is 29.1 Å². The molecule has 172 valence electrons. The second-order valence-electron chi connectivity index (χ2n) is 7.24. The van der Waals surface area contributed by atoms with Gasteiger partial charge in [0.15, 0.2) is 0 Å². The molecule has 5 rings (SSSR count). The van der Waals surface area contributed by atoms with Crippen molar-refractivity contribution in [3.05, 3.63) is 123 Å². The van der Waals surface area contributed by atoms with Gasteiger partial charge < -0.3 is 14.8 Å². The summed E-state index contributed by atoms with van der Waals surface area (Å²) < 4.78 is 2.51. The topological polar surface area (TPSA) is 19.4 Å². The smallest absolute Gasteiger partial charge is 0.508 e. The third-order valence-electron chi connectivity index (χ3n) is 5.03. The normalized spacial score (nSPS) is 12.1. The zero-order chi connectivity index (χ0) is 23.0. The summed E-state index contributed by atoms with van der Waals surface area (Å²) in [5.74, 6) is 0. The SMILES string of the molecule is CCN1C=CN(c2[c-]cc(I)c(I)c2)[CH-]1.[Ir+3].[c-]1ccccc1-c1ccc(-c2ccccc2)cn1. The van der Waals surface area contributed by atoms with E-state index in [-0.39, 0.29) is 20.1 Å². The van der Waals surface area contributed by atoms with Crippen LogP contribution in [0.4, 0.5) is 5.69 Å². The Hall–Kier alpha value is -1.74. The number of nitrogens with zero attached hydrogens (tertiary/aromatic N) is 3. The molecule has 0 N–H and O–H groups in total. The van der Waals surface area contributed by atoms with Crippen LogP contribution in [0.5, 0.6) is 0 Å².